The fourth-order valence-corrected chi connectivity index (χ4v) is 1.97. The fourth-order valence-electron chi connectivity index (χ4n) is 1.97. The van der Waals surface area contributed by atoms with E-state index in [4.69, 9.17) is 9.47 Å². The van der Waals surface area contributed by atoms with Gasteiger partial charge in [-0.1, -0.05) is 0 Å². The van der Waals surface area contributed by atoms with Crippen LogP contribution in [0.15, 0.2) is 18.3 Å². The summed E-state index contributed by atoms with van der Waals surface area (Å²) in [6.07, 6.45) is 2.89. The largest absolute Gasteiger partial charge is 0.474 e. The minimum Gasteiger partial charge on any atom is -0.474 e. The summed E-state index contributed by atoms with van der Waals surface area (Å²) in [7, 11) is 0. The molecule has 1 heterocycles. The van der Waals surface area contributed by atoms with E-state index in [0.29, 0.717) is 37.3 Å². The van der Waals surface area contributed by atoms with Crippen molar-refractivity contribution in [1.29, 1.82) is 0 Å². The van der Waals surface area contributed by atoms with Gasteiger partial charge >= 0.3 is 6.09 Å². The van der Waals surface area contributed by atoms with Crippen molar-refractivity contribution in [3.63, 3.8) is 0 Å². The molecule has 0 atom stereocenters. The number of hydrogen-bond acceptors (Lipinski definition) is 5. The number of amides is 1. The molecular formula is C18H28N2O4. The molecule has 0 aliphatic carbocycles. The molecule has 134 valence electrons. The van der Waals surface area contributed by atoms with Crippen LogP contribution in [0.1, 0.15) is 64.2 Å². The lowest BCUT2D eigenvalue weighted by Gasteiger charge is -2.19. The molecule has 1 rings (SSSR count). The zero-order chi connectivity index (χ0) is 18.2. The van der Waals surface area contributed by atoms with E-state index in [-0.39, 0.29) is 11.9 Å². The molecule has 6 heteroatoms. The predicted molar refractivity (Wildman–Crippen MR) is 92.4 cm³/mol. The number of aromatic nitrogens is 1. The Labute approximate surface area is 143 Å². The molecule has 0 bridgehead atoms. The fraction of sp³-hybridized carbons (Fsp3) is 0.611. The van der Waals surface area contributed by atoms with E-state index < -0.39 is 11.7 Å². The Morgan fingerprint density at radius 3 is 2.58 bits per heavy atom. The van der Waals surface area contributed by atoms with Gasteiger partial charge in [-0.25, -0.2) is 9.78 Å². The van der Waals surface area contributed by atoms with Crippen LogP contribution >= 0.6 is 0 Å². The lowest BCUT2D eigenvalue weighted by Crippen LogP contribution is -2.33. The molecule has 0 aliphatic rings. The monoisotopic (exact) mass is 336 g/mol. The van der Waals surface area contributed by atoms with Crippen LogP contribution < -0.4 is 10.1 Å². The first-order valence-electron chi connectivity index (χ1n) is 8.31. The van der Waals surface area contributed by atoms with Crippen LogP contribution in [0, 0.1) is 0 Å². The molecule has 0 fully saturated rings. The minimum atomic E-state index is -0.507. The first-order chi connectivity index (χ1) is 11.2. The lowest BCUT2D eigenvalue weighted by atomic mass is 10.1. The molecule has 0 saturated carbocycles. The number of nitrogens with one attached hydrogen (secondary N) is 1. The summed E-state index contributed by atoms with van der Waals surface area (Å²) in [6, 6.07) is 3.45. The molecule has 24 heavy (non-hydrogen) atoms. The number of carbonyl (C=O) groups is 2. The summed E-state index contributed by atoms with van der Waals surface area (Å²) in [5.74, 6) is 0.375. The Bertz CT molecular complexity index is 550. The maximum Gasteiger partial charge on any atom is 0.407 e. The summed E-state index contributed by atoms with van der Waals surface area (Å²) in [6.45, 7) is 9.71. The summed E-state index contributed by atoms with van der Waals surface area (Å²) < 4.78 is 10.7. The van der Waals surface area contributed by atoms with E-state index in [0.717, 1.165) is 0 Å². The lowest BCUT2D eigenvalue weighted by molar-refractivity contribution is 0.0527. The Morgan fingerprint density at radius 2 is 1.96 bits per heavy atom. The highest BCUT2D eigenvalue weighted by molar-refractivity contribution is 5.98. The second-order valence-electron chi connectivity index (χ2n) is 6.83. The van der Waals surface area contributed by atoms with E-state index in [2.05, 4.69) is 10.3 Å². The topological polar surface area (TPSA) is 77.5 Å². The van der Waals surface area contributed by atoms with Crippen molar-refractivity contribution in [1.82, 2.24) is 10.3 Å². The van der Waals surface area contributed by atoms with Crippen molar-refractivity contribution < 1.29 is 19.1 Å². The predicted octanol–water partition coefficient (Wildman–Crippen LogP) is 3.75. The van der Waals surface area contributed by atoms with E-state index in [1.807, 2.05) is 34.6 Å². The van der Waals surface area contributed by atoms with Gasteiger partial charge in [-0.3, -0.25) is 4.79 Å². The number of ketones is 1. The SMILES string of the molecule is CC(C)Oc1ncccc1C(=O)CCCCNC(=O)OC(C)(C)C. The van der Waals surface area contributed by atoms with Crippen LogP contribution in [0.25, 0.3) is 0 Å². The molecule has 1 amide bonds. The van der Waals surface area contributed by atoms with Gasteiger partial charge in [0.2, 0.25) is 5.88 Å². The average Bonchev–Trinajstić information content (AvgIpc) is 2.44. The number of nitrogens with zero attached hydrogens (tertiary/aromatic N) is 1. The van der Waals surface area contributed by atoms with Gasteiger partial charge in [-0.05, 0) is 59.6 Å². The van der Waals surface area contributed by atoms with Gasteiger partial charge in [-0.2, -0.15) is 0 Å². The first kappa shape index (κ1) is 19.9. The number of hydrogen-bond donors (Lipinski definition) is 1. The molecule has 0 unspecified atom stereocenters. The van der Waals surface area contributed by atoms with E-state index in [9.17, 15) is 9.59 Å². The smallest absolute Gasteiger partial charge is 0.407 e. The van der Waals surface area contributed by atoms with E-state index in [1.54, 1.807) is 18.3 Å². The van der Waals surface area contributed by atoms with Crippen molar-refractivity contribution in [3.8, 4) is 5.88 Å². The highest BCUT2D eigenvalue weighted by Crippen LogP contribution is 2.18. The van der Waals surface area contributed by atoms with Crippen LogP contribution in [0.3, 0.4) is 0 Å². The standard InChI is InChI=1S/C18H28N2O4/c1-13(2)23-16-14(9-8-12-19-16)15(21)10-6-7-11-20-17(22)24-18(3,4)5/h8-9,12-13H,6-7,10-11H2,1-5H3,(H,20,22). The molecule has 0 aliphatic heterocycles. The number of Topliss-reactive ketones (excluding diaryl/α,β-unsaturated/α-hetero) is 1. The van der Waals surface area contributed by atoms with Gasteiger partial charge in [-0.15, -0.1) is 0 Å². The number of unbranched alkanes of at least 4 members (excludes halogenated alkanes) is 1. The third kappa shape index (κ3) is 7.94. The van der Waals surface area contributed by atoms with Crippen molar-refractivity contribution in [2.24, 2.45) is 0 Å². The second-order valence-corrected chi connectivity index (χ2v) is 6.83. The Morgan fingerprint density at radius 1 is 1.25 bits per heavy atom. The summed E-state index contributed by atoms with van der Waals surface area (Å²) in [5.41, 5.74) is -0.000937. The molecule has 1 N–H and O–H groups in total. The van der Waals surface area contributed by atoms with Gasteiger partial charge in [0.25, 0.3) is 0 Å². The van der Waals surface area contributed by atoms with Gasteiger partial charge in [0, 0.05) is 19.2 Å². The highest BCUT2D eigenvalue weighted by Gasteiger charge is 2.16. The van der Waals surface area contributed by atoms with Crippen molar-refractivity contribution in [2.45, 2.75) is 65.6 Å². The summed E-state index contributed by atoms with van der Waals surface area (Å²) in [4.78, 5) is 27.9. The van der Waals surface area contributed by atoms with Gasteiger partial charge in [0.15, 0.2) is 5.78 Å². The Balaban J connectivity index is 2.36. The molecule has 0 saturated heterocycles. The van der Waals surface area contributed by atoms with Gasteiger partial charge in [0.1, 0.15) is 5.60 Å². The number of rotatable bonds is 8. The molecule has 0 spiro atoms. The average molecular weight is 336 g/mol. The third-order valence-electron chi connectivity index (χ3n) is 2.92. The molecule has 0 aromatic carbocycles. The molecular weight excluding hydrogens is 308 g/mol. The van der Waals surface area contributed by atoms with Crippen LogP contribution in [0.5, 0.6) is 5.88 Å². The van der Waals surface area contributed by atoms with Gasteiger partial charge < -0.3 is 14.8 Å². The normalized spacial score (nSPS) is 11.2. The molecule has 1 aromatic rings. The first-order valence-corrected chi connectivity index (χ1v) is 8.31. The summed E-state index contributed by atoms with van der Waals surface area (Å²) >= 11 is 0. The van der Waals surface area contributed by atoms with E-state index >= 15 is 0 Å². The zero-order valence-corrected chi connectivity index (χ0v) is 15.2. The molecule has 6 nitrogen and oxygen atoms in total. The van der Waals surface area contributed by atoms with Crippen molar-refractivity contribution in [2.75, 3.05) is 6.54 Å². The quantitative estimate of drug-likeness (QED) is 0.578. The minimum absolute atomic E-state index is 0.00369. The Hall–Kier alpha value is -2.11. The maximum absolute atomic E-state index is 12.3. The third-order valence-corrected chi connectivity index (χ3v) is 2.92. The van der Waals surface area contributed by atoms with Crippen LogP contribution in [0.2, 0.25) is 0 Å². The highest BCUT2D eigenvalue weighted by atomic mass is 16.6. The second kappa shape index (κ2) is 9.25. The summed E-state index contributed by atoms with van der Waals surface area (Å²) in [5, 5.41) is 2.68. The van der Waals surface area contributed by atoms with Crippen LogP contribution in [-0.4, -0.2) is 35.1 Å². The number of pyridine rings is 1. The van der Waals surface area contributed by atoms with Crippen LogP contribution in [-0.2, 0) is 4.74 Å². The Kier molecular flexibility index (Phi) is 7.68. The number of ether oxygens (including phenoxy) is 2. The number of carbonyl (C=O) groups excluding carboxylic acids is 2. The van der Waals surface area contributed by atoms with Gasteiger partial charge in [0.05, 0.1) is 11.7 Å². The van der Waals surface area contributed by atoms with Crippen molar-refractivity contribution >= 4 is 11.9 Å². The number of alkyl carbamates (subject to hydrolysis) is 1. The van der Waals surface area contributed by atoms with Crippen molar-refractivity contribution in [3.05, 3.63) is 23.9 Å². The van der Waals surface area contributed by atoms with Crippen LogP contribution in [0.4, 0.5) is 4.79 Å². The van der Waals surface area contributed by atoms with E-state index in [1.165, 1.54) is 0 Å². The zero-order valence-electron chi connectivity index (χ0n) is 15.2. The maximum atomic E-state index is 12.3. The molecule has 0 radical (unpaired) electrons. The molecule has 1 aromatic heterocycles.